The molecule has 1 aromatic rings. The highest BCUT2D eigenvalue weighted by molar-refractivity contribution is 6.29. The molecule has 0 aliphatic carbocycles. The summed E-state index contributed by atoms with van der Waals surface area (Å²) in [5.41, 5.74) is 0. The van der Waals surface area contributed by atoms with Crippen LogP contribution >= 0.6 is 11.6 Å². The highest BCUT2D eigenvalue weighted by Crippen LogP contribution is 2.14. The predicted molar refractivity (Wildman–Crippen MR) is 50.0 cm³/mol. The minimum Gasteiger partial charge on any atom is -0.486 e. The molecule has 1 rings (SSSR count). The molecule has 0 bridgehead atoms. The van der Waals surface area contributed by atoms with Crippen LogP contribution in [0.15, 0.2) is 18.3 Å². The Labute approximate surface area is 81.7 Å². The Morgan fingerprint density at radius 2 is 2.46 bits per heavy atom. The van der Waals surface area contributed by atoms with Crippen LogP contribution in [0.4, 0.5) is 0 Å². The molecule has 0 atom stereocenters. The molecule has 0 aliphatic rings. The first-order valence-electron chi connectivity index (χ1n) is 3.98. The van der Waals surface area contributed by atoms with Crippen molar-refractivity contribution in [3.05, 3.63) is 23.5 Å². The molecule has 13 heavy (non-hydrogen) atoms. The third-order valence-electron chi connectivity index (χ3n) is 1.49. The van der Waals surface area contributed by atoms with Gasteiger partial charge in [0.2, 0.25) is 0 Å². The van der Waals surface area contributed by atoms with Gasteiger partial charge in [0, 0.05) is 18.7 Å². The number of aromatic nitrogens is 1. The van der Waals surface area contributed by atoms with Gasteiger partial charge in [0.15, 0.2) is 5.78 Å². The average Bonchev–Trinajstić information content (AvgIpc) is 2.14. The van der Waals surface area contributed by atoms with Crippen LogP contribution in [0.5, 0.6) is 5.75 Å². The largest absolute Gasteiger partial charge is 0.486 e. The van der Waals surface area contributed by atoms with Crippen molar-refractivity contribution >= 4 is 17.4 Å². The predicted octanol–water partition coefficient (Wildman–Crippen LogP) is 2.09. The lowest BCUT2D eigenvalue weighted by atomic mass is 10.3. The molecular formula is C9H10ClNO2. The van der Waals surface area contributed by atoms with Gasteiger partial charge in [-0.25, -0.2) is 4.98 Å². The zero-order valence-corrected chi connectivity index (χ0v) is 8.04. The molecule has 0 fully saturated rings. The number of ketones is 1. The minimum atomic E-state index is 0.0629. The summed E-state index contributed by atoms with van der Waals surface area (Å²) in [6.45, 7) is 1.89. The van der Waals surface area contributed by atoms with E-state index < -0.39 is 0 Å². The summed E-state index contributed by atoms with van der Waals surface area (Å²) >= 11 is 5.62. The topological polar surface area (TPSA) is 39.2 Å². The smallest absolute Gasteiger partial charge is 0.169 e. The molecule has 1 heterocycles. The van der Waals surface area contributed by atoms with Gasteiger partial charge in [0.1, 0.15) is 17.5 Å². The number of carbonyl (C=O) groups excluding carboxylic acids is 1. The number of halogens is 1. The van der Waals surface area contributed by atoms with Crippen molar-refractivity contribution in [2.24, 2.45) is 0 Å². The van der Waals surface area contributed by atoms with E-state index in [9.17, 15) is 4.79 Å². The molecule has 0 saturated carbocycles. The van der Waals surface area contributed by atoms with E-state index in [1.807, 2.05) is 0 Å². The molecule has 3 nitrogen and oxygen atoms in total. The van der Waals surface area contributed by atoms with E-state index in [0.29, 0.717) is 17.3 Å². The number of nitrogens with zero attached hydrogens (tertiary/aromatic N) is 1. The monoisotopic (exact) mass is 199 g/mol. The summed E-state index contributed by atoms with van der Waals surface area (Å²) in [5.74, 6) is 0.634. The zero-order valence-electron chi connectivity index (χ0n) is 7.29. The van der Waals surface area contributed by atoms with Gasteiger partial charge in [0.05, 0.1) is 0 Å². The third-order valence-corrected chi connectivity index (χ3v) is 1.70. The van der Waals surface area contributed by atoms with Gasteiger partial charge in [-0.2, -0.15) is 0 Å². The fourth-order valence-corrected chi connectivity index (χ4v) is 0.904. The average molecular weight is 200 g/mol. The summed E-state index contributed by atoms with van der Waals surface area (Å²) in [6.07, 6.45) is 2.02. The fraction of sp³-hybridized carbons (Fsp3) is 0.333. The van der Waals surface area contributed by atoms with Gasteiger partial charge < -0.3 is 4.74 Å². The number of hydrogen-bond donors (Lipinski definition) is 0. The summed E-state index contributed by atoms with van der Waals surface area (Å²) < 4.78 is 5.17. The SMILES string of the molecule is CCC(=O)COc1ccnc(Cl)c1. The van der Waals surface area contributed by atoms with Crippen LogP contribution in [0.2, 0.25) is 5.15 Å². The second-order valence-electron chi connectivity index (χ2n) is 2.50. The van der Waals surface area contributed by atoms with Crippen LogP contribution in [0.25, 0.3) is 0 Å². The van der Waals surface area contributed by atoms with Gasteiger partial charge in [0.25, 0.3) is 0 Å². The van der Waals surface area contributed by atoms with Gasteiger partial charge in [-0.3, -0.25) is 4.79 Å². The van der Waals surface area contributed by atoms with E-state index in [1.165, 1.54) is 6.20 Å². The molecule has 0 spiro atoms. The van der Waals surface area contributed by atoms with Crippen molar-refractivity contribution in [3.63, 3.8) is 0 Å². The summed E-state index contributed by atoms with van der Waals surface area (Å²) in [5, 5.41) is 0.362. The van der Waals surface area contributed by atoms with Crippen LogP contribution in [0.1, 0.15) is 13.3 Å². The third kappa shape index (κ3) is 3.42. The second-order valence-corrected chi connectivity index (χ2v) is 2.88. The van der Waals surface area contributed by atoms with Gasteiger partial charge in [-0.15, -0.1) is 0 Å². The lowest BCUT2D eigenvalue weighted by Gasteiger charge is -2.03. The number of ether oxygens (including phenoxy) is 1. The molecule has 0 unspecified atom stereocenters. The molecule has 4 heteroatoms. The van der Waals surface area contributed by atoms with E-state index in [4.69, 9.17) is 16.3 Å². The lowest BCUT2D eigenvalue weighted by Crippen LogP contribution is -2.09. The Balaban J connectivity index is 2.50. The first-order chi connectivity index (χ1) is 6.22. The molecule has 0 aromatic carbocycles. The fourth-order valence-electron chi connectivity index (χ4n) is 0.740. The van der Waals surface area contributed by atoms with Crippen LogP contribution in [0.3, 0.4) is 0 Å². The molecule has 70 valence electrons. The molecule has 0 N–H and O–H groups in total. The minimum absolute atomic E-state index is 0.0629. The number of Topliss-reactive ketones (excluding diaryl/α,β-unsaturated/α-hetero) is 1. The summed E-state index contributed by atoms with van der Waals surface area (Å²) in [7, 11) is 0. The summed E-state index contributed by atoms with van der Waals surface area (Å²) in [6, 6.07) is 3.24. The van der Waals surface area contributed by atoms with Crippen LogP contribution in [-0.4, -0.2) is 17.4 Å². The number of carbonyl (C=O) groups is 1. The number of rotatable bonds is 4. The Morgan fingerprint density at radius 3 is 3.08 bits per heavy atom. The molecular weight excluding hydrogens is 190 g/mol. The van der Waals surface area contributed by atoms with Gasteiger partial charge >= 0.3 is 0 Å². The van der Waals surface area contributed by atoms with E-state index >= 15 is 0 Å². The Kier molecular flexibility index (Phi) is 3.71. The summed E-state index contributed by atoms with van der Waals surface area (Å²) in [4.78, 5) is 14.7. The van der Waals surface area contributed by atoms with Crippen molar-refractivity contribution in [1.82, 2.24) is 4.98 Å². The maximum atomic E-state index is 10.9. The van der Waals surface area contributed by atoms with Crippen molar-refractivity contribution in [1.29, 1.82) is 0 Å². The molecule has 0 amide bonds. The Bertz CT molecular complexity index is 301. The van der Waals surface area contributed by atoms with E-state index in [-0.39, 0.29) is 12.4 Å². The quantitative estimate of drug-likeness (QED) is 0.698. The van der Waals surface area contributed by atoms with Gasteiger partial charge in [-0.1, -0.05) is 18.5 Å². The second kappa shape index (κ2) is 4.82. The van der Waals surface area contributed by atoms with Gasteiger partial charge in [-0.05, 0) is 6.07 Å². The maximum Gasteiger partial charge on any atom is 0.169 e. The van der Waals surface area contributed by atoms with Crippen molar-refractivity contribution in [3.8, 4) is 5.75 Å². The van der Waals surface area contributed by atoms with E-state index in [2.05, 4.69) is 4.98 Å². The molecule has 0 aliphatic heterocycles. The Morgan fingerprint density at radius 1 is 1.69 bits per heavy atom. The molecule has 0 radical (unpaired) electrons. The van der Waals surface area contributed by atoms with Crippen molar-refractivity contribution in [2.75, 3.05) is 6.61 Å². The van der Waals surface area contributed by atoms with E-state index in [0.717, 1.165) is 0 Å². The maximum absolute atomic E-state index is 10.9. The number of pyridine rings is 1. The highest BCUT2D eigenvalue weighted by Gasteiger charge is 2.00. The van der Waals surface area contributed by atoms with Crippen LogP contribution in [0, 0.1) is 0 Å². The first kappa shape index (κ1) is 9.99. The van der Waals surface area contributed by atoms with Crippen LogP contribution in [-0.2, 0) is 4.79 Å². The lowest BCUT2D eigenvalue weighted by molar-refractivity contribution is -0.120. The zero-order chi connectivity index (χ0) is 9.68. The highest BCUT2D eigenvalue weighted by atomic mass is 35.5. The normalized spacial score (nSPS) is 9.69. The van der Waals surface area contributed by atoms with E-state index in [1.54, 1.807) is 19.1 Å². The standard InChI is InChI=1S/C9H10ClNO2/c1-2-7(12)6-13-8-3-4-11-9(10)5-8/h3-5H,2,6H2,1H3. The Hall–Kier alpha value is -1.09. The van der Waals surface area contributed by atoms with Crippen LogP contribution < -0.4 is 4.74 Å². The van der Waals surface area contributed by atoms with Crippen molar-refractivity contribution in [2.45, 2.75) is 13.3 Å². The van der Waals surface area contributed by atoms with Crippen molar-refractivity contribution < 1.29 is 9.53 Å². The molecule has 1 aromatic heterocycles. The first-order valence-corrected chi connectivity index (χ1v) is 4.36. The number of hydrogen-bond acceptors (Lipinski definition) is 3. The molecule has 0 saturated heterocycles.